The summed E-state index contributed by atoms with van der Waals surface area (Å²) in [6, 6.07) is 15.1. The topological polar surface area (TPSA) is 50.3 Å². The Morgan fingerprint density at radius 1 is 0.960 bits per heavy atom. The van der Waals surface area contributed by atoms with Crippen LogP contribution >= 0.6 is 11.3 Å². The molecule has 3 rings (SSSR count). The van der Waals surface area contributed by atoms with Gasteiger partial charge in [-0.3, -0.25) is 0 Å². The summed E-state index contributed by atoms with van der Waals surface area (Å²) in [6.45, 7) is 5.09. The van der Waals surface area contributed by atoms with E-state index in [9.17, 15) is 8.42 Å². The number of nitrogens with zero attached hydrogens (tertiary/aromatic N) is 2. The van der Waals surface area contributed by atoms with E-state index in [1.54, 1.807) is 27.8 Å². The standard InChI is InChI=1S/C19H22N2O2S2/c1-3-13-21(14-4-2)25(22,23)16-11-9-15(10-12-16)19-20-17-7-5-6-8-18(17)24-19/h5-12H,3-4,13-14H2,1-2H3. The summed E-state index contributed by atoms with van der Waals surface area (Å²) in [7, 11) is -3.43. The van der Waals surface area contributed by atoms with Gasteiger partial charge in [0, 0.05) is 18.7 Å². The second-order valence-corrected chi connectivity index (χ2v) is 8.88. The molecule has 0 amide bonds. The Kier molecular flexibility index (Phi) is 5.51. The Bertz CT molecular complexity index is 908. The molecule has 132 valence electrons. The van der Waals surface area contributed by atoms with Crippen molar-refractivity contribution in [3.05, 3.63) is 48.5 Å². The summed E-state index contributed by atoms with van der Waals surface area (Å²) in [6.07, 6.45) is 1.62. The zero-order chi connectivity index (χ0) is 17.9. The predicted molar refractivity (Wildman–Crippen MR) is 104 cm³/mol. The van der Waals surface area contributed by atoms with Crippen LogP contribution in [0.5, 0.6) is 0 Å². The number of fused-ring (bicyclic) bond motifs is 1. The number of thiazole rings is 1. The maximum Gasteiger partial charge on any atom is 0.243 e. The van der Waals surface area contributed by atoms with Gasteiger partial charge in [0.25, 0.3) is 0 Å². The lowest BCUT2D eigenvalue weighted by atomic mass is 10.2. The second kappa shape index (κ2) is 7.64. The predicted octanol–water partition coefficient (Wildman–Crippen LogP) is 4.77. The average molecular weight is 375 g/mol. The van der Waals surface area contributed by atoms with E-state index >= 15 is 0 Å². The Hall–Kier alpha value is -1.76. The lowest BCUT2D eigenvalue weighted by Crippen LogP contribution is -2.32. The van der Waals surface area contributed by atoms with Crippen LogP contribution in [0.3, 0.4) is 0 Å². The van der Waals surface area contributed by atoms with Crippen LogP contribution in [0.25, 0.3) is 20.8 Å². The van der Waals surface area contributed by atoms with Gasteiger partial charge in [-0.05, 0) is 37.1 Å². The molecule has 0 unspecified atom stereocenters. The summed E-state index contributed by atoms with van der Waals surface area (Å²) >= 11 is 1.62. The van der Waals surface area contributed by atoms with Gasteiger partial charge in [-0.1, -0.05) is 38.1 Å². The fourth-order valence-corrected chi connectivity index (χ4v) is 5.36. The summed E-state index contributed by atoms with van der Waals surface area (Å²) in [4.78, 5) is 4.97. The van der Waals surface area contributed by atoms with E-state index in [4.69, 9.17) is 0 Å². The Labute approximate surface area is 153 Å². The van der Waals surface area contributed by atoms with Crippen LogP contribution in [0.4, 0.5) is 0 Å². The quantitative estimate of drug-likeness (QED) is 0.598. The molecule has 0 saturated heterocycles. The fraction of sp³-hybridized carbons (Fsp3) is 0.316. The summed E-state index contributed by atoms with van der Waals surface area (Å²) in [5.41, 5.74) is 1.91. The first-order valence-corrected chi connectivity index (χ1v) is 10.8. The van der Waals surface area contributed by atoms with E-state index < -0.39 is 10.0 Å². The molecule has 6 heteroatoms. The van der Waals surface area contributed by atoms with Crippen molar-refractivity contribution >= 4 is 31.6 Å². The molecule has 0 aliphatic rings. The molecule has 0 saturated carbocycles. The van der Waals surface area contributed by atoms with Gasteiger partial charge in [0.1, 0.15) is 5.01 Å². The van der Waals surface area contributed by atoms with Crippen molar-refractivity contribution in [3.8, 4) is 10.6 Å². The van der Waals surface area contributed by atoms with E-state index in [1.807, 2.05) is 50.2 Å². The third-order valence-corrected chi connectivity index (χ3v) is 6.98. The molecule has 0 atom stereocenters. The van der Waals surface area contributed by atoms with E-state index in [0.29, 0.717) is 18.0 Å². The van der Waals surface area contributed by atoms with E-state index in [-0.39, 0.29) is 0 Å². The Morgan fingerprint density at radius 3 is 2.20 bits per heavy atom. The van der Waals surface area contributed by atoms with Crippen molar-refractivity contribution in [3.63, 3.8) is 0 Å². The van der Waals surface area contributed by atoms with Crippen LogP contribution in [-0.4, -0.2) is 30.8 Å². The minimum absolute atomic E-state index is 0.347. The maximum absolute atomic E-state index is 12.8. The monoisotopic (exact) mass is 374 g/mol. The largest absolute Gasteiger partial charge is 0.243 e. The van der Waals surface area contributed by atoms with Gasteiger partial charge in [0.05, 0.1) is 15.1 Å². The molecular formula is C19H22N2O2S2. The summed E-state index contributed by atoms with van der Waals surface area (Å²) in [5.74, 6) is 0. The van der Waals surface area contributed by atoms with Crippen molar-refractivity contribution in [1.82, 2.24) is 9.29 Å². The number of hydrogen-bond acceptors (Lipinski definition) is 4. The molecule has 0 radical (unpaired) electrons. The number of rotatable bonds is 7. The van der Waals surface area contributed by atoms with E-state index in [2.05, 4.69) is 4.98 Å². The SMILES string of the molecule is CCCN(CCC)S(=O)(=O)c1ccc(-c2nc3ccccc3s2)cc1. The number of benzene rings is 2. The van der Waals surface area contributed by atoms with Gasteiger partial charge in [0.2, 0.25) is 10.0 Å². The highest BCUT2D eigenvalue weighted by Gasteiger charge is 2.23. The number of hydrogen-bond donors (Lipinski definition) is 0. The highest BCUT2D eigenvalue weighted by molar-refractivity contribution is 7.89. The number of aromatic nitrogens is 1. The molecule has 1 aromatic heterocycles. The Balaban J connectivity index is 1.90. The van der Waals surface area contributed by atoms with Crippen LogP contribution in [0, 0.1) is 0 Å². The van der Waals surface area contributed by atoms with Gasteiger partial charge >= 0.3 is 0 Å². The second-order valence-electron chi connectivity index (χ2n) is 5.92. The highest BCUT2D eigenvalue weighted by Crippen LogP contribution is 2.30. The van der Waals surface area contributed by atoms with Crippen LogP contribution in [0.1, 0.15) is 26.7 Å². The lowest BCUT2D eigenvalue weighted by molar-refractivity contribution is 0.410. The Morgan fingerprint density at radius 2 is 1.60 bits per heavy atom. The lowest BCUT2D eigenvalue weighted by Gasteiger charge is -2.21. The van der Waals surface area contributed by atoms with Crippen molar-refractivity contribution in [2.24, 2.45) is 0 Å². The molecule has 0 aliphatic heterocycles. The molecular weight excluding hydrogens is 352 g/mol. The smallest absolute Gasteiger partial charge is 0.236 e. The minimum atomic E-state index is -3.43. The molecule has 1 heterocycles. The first-order valence-electron chi connectivity index (χ1n) is 8.52. The normalized spacial score (nSPS) is 12.1. The van der Waals surface area contributed by atoms with Gasteiger partial charge < -0.3 is 0 Å². The van der Waals surface area contributed by atoms with Gasteiger partial charge in [-0.15, -0.1) is 11.3 Å². The minimum Gasteiger partial charge on any atom is -0.236 e. The zero-order valence-electron chi connectivity index (χ0n) is 14.5. The third-order valence-electron chi connectivity index (χ3n) is 3.98. The molecule has 3 aromatic rings. The average Bonchev–Trinajstić information content (AvgIpc) is 3.06. The van der Waals surface area contributed by atoms with E-state index in [1.165, 1.54) is 0 Å². The van der Waals surface area contributed by atoms with Crippen LogP contribution in [0.2, 0.25) is 0 Å². The fourth-order valence-electron chi connectivity index (χ4n) is 2.77. The molecule has 25 heavy (non-hydrogen) atoms. The van der Waals surface area contributed by atoms with Gasteiger partial charge in [0.15, 0.2) is 0 Å². The van der Waals surface area contributed by atoms with Gasteiger partial charge in [-0.2, -0.15) is 4.31 Å². The third kappa shape index (κ3) is 3.76. The molecule has 0 N–H and O–H groups in total. The number of sulfonamides is 1. The highest BCUT2D eigenvalue weighted by atomic mass is 32.2. The first kappa shape index (κ1) is 18.0. The van der Waals surface area contributed by atoms with Crippen LogP contribution in [-0.2, 0) is 10.0 Å². The van der Waals surface area contributed by atoms with Crippen molar-refractivity contribution in [2.45, 2.75) is 31.6 Å². The van der Waals surface area contributed by atoms with Crippen LogP contribution in [0.15, 0.2) is 53.4 Å². The summed E-state index contributed by atoms with van der Waals surface area (Å²) < 4.78 is 28.3. The van der Waals surface area contributed by atoms with Crippen LogP contribution < -0.4 is 0 Å². The molecule has 0 fully saturated rings. The first-order chi connectivity index (χ1) is 12.1. The van der Waals surface area contributed by atoms with E-state index in [0.717, 1.165) is 33.6 Å². The number of para-hydroxylation sites is 1. The van der Waals surface area contributed by atoms with Crippen molar-refractivity contribution < 1.29 is 8.42 Å². The zero-order valence-corrected chi connectivity index (χ0v) is 16.1. The van der Waals surface area contributed by atoms with Gasteiger partial charge in [-0.25, -0.2) is 13.4 Å². The molecule has 0 bridgehead atoms. The molecule has 4 nitrogen and oxygen atoms in total. The van der Waals surface area contributed by atoms with Crippen molar-refractivity contribution in [1.29, 1.82) is 0 Å². The molecule has 0 aliphatic carbocycles. The maximum atomic E-state index is 12.8. The van der Waals surface area contributed by atoms with Crippen molar-refractivity contribution in [2.75, 3.05) is 13.1 Å². The summed E-state index contributed by atoms with van der Waals surface area (Å²) in [5, 5.41) is 0.907. The molecule has 2 aromatic carbocycles. The molecule has 0 spiro atoms.